The second-order valence-electron chi connectivity index (χ2n) is 6.56. The van der Waals surface area contributed by atoms with Crippen LogP contribution in [-0.4, -0.2) is 26.2 Å². The second-order valence-corrected chi connectivity index (χ2v) is 8.36. The van der Waals surface area contributed by atoms with Crippen LogP contribution in [0, 0.1) is 6.92 Å². The zero-order valence-corrected chi connectivity index (χ0v) is 17.7. The summed E-state index contributed by atoms with van der Waals surface area (Å²) in [6.45, 7) is 4.66. The molecule has 1 amide bonds. The van der Waals surface area contributed by atoms with E-state index in [0.29, 0.717) is 27.7 Å². The smallest absolute Gasteiger partial charge is 0.262 e. The number of aryl methyl sites for hydroxylation is 1. The minimum Gasteiger partial charge on any atom is -0.301 e. The molecule has 0 spiro atoms. The molecule has 8 heteroatoms. The van der Waals surface area contributed by atoms with E-state index in [-0.39, 0.29) is 17.2 Å². The van der Waals surface area contributed by atoms with Crippen LogP contribution in [-0.2, 0) is 11.3 Å². The Morgan fingerprint density at radius 1 is 1.21 bits per heavy atom. The third-order valence-electron chi connectivity index (χ3n) is 4.26. The molecular formula is C20H24N4O2S2. The highest BCUT2D eigenvalue weighted by Gasteiger charge is 2.14. The number of rotatable bonds is 9. The second kappa shape index (κ2) is 9.84. The summed E-state index contributed by atoms with van der Waals surface area (Å²) in [4.78, 5) is 34.1. The molecule has 1 aromatic carbocycles. The summed E-state index contributed by atoms with van der Waals surface area (Å²) in [5.74, 6) is 0.0255. The lowest BCUT2D eigenvalue weighted by atomic mass is 10.2. The van der Waals surface area contributed by atoms with Crippen molar-refractivity contribution in [3.05, 3.63) is 45.7 Å². The summed E-state index contributed by atoms with van der Waals surface area (Å²) in [5, 5.41) is 6.48. The lowest BCUT2D eigenvalue weighted by molar-refractivity contribution is -0.113. The predicted molar refractivity (Wildman–Crippen MR) is 116 cm³/mol. The summed E-state index contributed by atoms with van der Waals surface area (Å²) in [7, 11) is 0. The molecule has 0 fully saturated rings. The number of anilines is 1. The molecule has 0 aliphatic heterocycles. The van der Waals surface area contributed by atoms with Crippen molar-refractivity contribution in [2.45, 2.75) is 51.2 Å². The van der Waals surface area contributed by atoms with Crippen LogP contribution in [0.5, 0.6) is 0 Å². The third-order valence-corrected chi connectivity index (χ3v) is 6.11. The van der Waals surface area contributed by atoms with E-state index in [1.807, 2.05) is 30.5 Å². The number of carbonyl (C=O) groups is 1. The van der Waals surface area contributed by atoms with Crippen LogP contribution in [0.2, 0.25) is 0 Å². The number of amides is 1. The van der Waals surface area contributed by atoms with Crippen molar-refractivity contribution >= 4 is 45.0 Å². The van der Waals surface area contributed by atoms with Gasteiger partial charge in [0.2, 0.25) is 5.91 Å². The fraction of sp³-hybridized carbons (Fsp3) is 0.400. The summed E-state index contributed by atoms with van der Waals surface area (Å²) in [5.41, 5.74) is 1.50. The molecule has 0 atom stereocenters. The van der Waals surface area contributed by atoms with Gasteiger partial charge in [0.25, 0.3) is 5.56 Å². The number of hydrogen-bond donors (Lipinski definition) is 1. The third kappa shape index (κ3) is 5.20. The average molecular weight is 417 g/mol. The zero-order valence-electron chi connectivity index (χ0n) is 16.1. The molecule has 0 radical (unpaired) electrons. The van der Waals surface area contributed by atoms with E-state index in [0.717, 1.165) is 31.4 Å². The summed E-state index contributed by atoms with van der Waals surface area (Å²) in [6.07, 6.45) is 4.28. The van der Waals surface area contributed by atoms with Gasteiger partial charge in [-0.05, 0) is 25.5 Å². The molecule has 0 saturated carbocycles. The molecule has 0 unspecified atom stereocenters. The Hall–Kier alpha value is -2.19. The molecule has 3 rings (SSSR count). The van der Waals surface area contributed by atoms with Crippen molar-refractivity contribution < 1.29 is 4.79 Å². The van der Waals surface area contributed by atoms with Gasteiger partial charge in [-0.2, -0.15) is 0 Å². The van der Waals surface area contributed by atoms with E-state index in [9.17, 15) is 9.59 Å². The van der Waals surface area contributed by atoms with Crippen molar-refractivity contribution in [1.82, 2.24) is 14.5 Å². The first-order chi connectivity index (χ1) is 13.6. The van der Waals surface area contributed by atoms with Crippen molar-refractivity contribution in [1.29, 1.82) is 0 Å². The fourth-order valence-corrected chi connectivity index (χ4v) is 4.38. The maximum absolute atomic E-state index is 13.0. The normalized spacial score (nSPS) is 11.1. The number of carbonyl (C=O) groups excluding carboxylic acids is 1. The van der Waals surface area contributed by atoms with E-state index < -0.39 is 0 Å². The van der Waals surface area contributed by atoms with Crippen LogP contribution in [0.1, 0.15) is 38.3 Å². The first kappa shape index (κ1) is 20.5. The molecule has 0 saturated heterocycles. The Morgan fingerprint density at radius 2 is 2.04 bits per heavy atom. The van der Waals surface area contributed by atoms with Gasteiger partial charge in [-0.3, -0.25) is 14.2 Å². The van der Waals surface area contributed by atoms with Gasteiger partial charge in [0, 0.05) is 11.9 Å². The summed E-state index contributed by atoms with van der Waals surface area (Å²) < 4.78 is 1.71. The Kier molecular flexibility index (Phi) is 7.22. The van der Waals surface area contributed by atoms with Gasteiger partial charge in [0.1, 0.15) is 0 Å². The Bertz CT molecular complexity index is 1010. The molecule has 2 heterocycles. The molecule has 0 aliphatic carbocycles. The molecule has 0 bridgehead atoms. The number of hydrogen-bond acceptors (Lipinski definition) is 6. The molecular weight excluding hydrogens is 392 g/mol. The van der Waals surface area contributed by atoms with Gasteiger partial charge in [-0.25, -0.2) is 9.97 Å². The fourth-order valence-electron chi connectivity index (χ4n) is 2.85. The number of thiazole rings is 1. The highest BCUT2D eigenvalue weighted by Crippen LogP contribution is 2.20. The first-order valence-electron chi connectivity index (χ1n) is 9.43. The van der Waals surface area contributed by atoms with Gasteiger partial charge in [0.05, 0.1) is 22.3 Å². The highest BCUT2D eigenvalue weighted by molar-refractivity contribution is 7.99. The predicted octanol–water partition coefficient (Wildman–Crippen LogP) is 4.47. The van der Waals surface area contributed by atoms with Crippen molar-refractivity contribution in [2.75, 3.05) is 11.1 Å². The number of unbranched alkanes of at least 4 members (excludes halogenated alkanes) is 3. The van der Waals surface area contributed by atoms with Crippen LogP contribution in [0.3, 0.4) is 0 Å². The summed E-state index contributed by atoms with van der Waals surface area (Å²) in [6, 6.07) is 7.36. The molecule has 2 aromatic heterocycles. The maximum Gasteiger partial charge on any atom is 0.262 e. The minimum atomic E-state index is -0.153. The highest BCUT2D eigenvalue weighted by atomic mass is 32.2. The van der Waals surface area contributed by atoms with Gasteiger partial charge in [-0.1, -0.05) is 50.1 Å². The van der Waals surface area contributed by atoms with Crippen molar-refractivity contribution in [2.24, 2.45) is 0 Å². The van der Waals surface area contributed by atoms with E-state index in [2.05, 4.69) is 22.2 Å². The van der Waals surface area contributed by atoms with Gasteiger partial charge < -0.3 is 5.32 Å². The monoisotopic (exact) mass is 416 g/mol. The average Bonchev–Trinajstić information content (AvgIpc) is 3.09. The number of nitrogens with zero attached hydrogens (tertiary/aromatic N) is 3. The number of fused-ring (bicyclic) bond motifs is 1. The van der Waals surface area contributed by atoms with E-state index in [1.54, 1.807) is 10.6 Å². The van der Waals surface area contributed by atoms with Gasteiger partial charge in [-0.15, -0.1) is 11.3 Å². The van der Waals surface area contributed by atoms with Crippen LogP contribution >= 0.6 is 23.1 Å². The Labute approximate surface area is 172 Å². The first-order valence-corrected chi connectivity index (χ1v) is 11.3. The zero-order chi connectivity index (χ0) is 19.9. The number of thioether (sulfide) groups is 1. The summed E-state index contributed by atoms with van der Waals surface area (Å²) >= 11 is 2.69. The number of nitrogens with one attached hydrogen (secondary N) is 1. The van der Waals surface area contributed by atoms with E-state index >= 15 is 0 Å². The van der Waals surface area contributed by atoms with Crippen LogP contribution < -0.4 is 10.9 Å². The van der Waals surface area contributed by atoms with E-state index in [1.165, 1.54) is 23.1 Å². The van der Waals surface area contributed by atoms with Crippen molar-refractivity contribution in [3.8, 4) is 0 Å². The molecule has 28 heavy (non-hydrogen) atoms. The topological polar surface area (TPSA) is 76.9 Å². The number of para-hydroxylation sites is 1. The molecule has 6 nitrogen and oxygen atoms in total. The quantitative estimate of drug-likeness (QED) is 0.316. The van der Waals surface area contributed by atoms with Gasteiger partial charge >= 0.3 is 0 Å². The van der Waals surface area contributed by atoms with Crippen molar-refractivity contribution in [3.63, 3.8) is 0 Å². The Morgan fingerprint density at radius 3 is 2.79 bits per heavy atom. The largest absolute Gasteiger partial charge is 0.301 e. The molecule has 148 valence electrons. The Balaban J connectivity index is 1.77. The number of benzene rings is 1. The van der Waals surface area contributed by atoms with E-state index in [4.69, 9.17) is 0 Å². The lowest BCUT2D eigenvalue weighted by Gasteiger charge is -2.13. The SMILES string of the molecule is CCCCCCn1c(SCC(=O)Nc2nc(C)cs2)nc2ccccc2c1=O. The maximum atomic E-state index is 13.0. The van der Waals surface area contributed by atoms with Crippen LogP contribution in [0.25, 0.3) is 10.9 Å². The number of aromatic nitrogens is 3. The molecule has 1 N–H and O–H groups in total. The molecule has 3 aromatic rings. The molecule has 0 aliphatic rings. The lowest BCUT2D eigenvalue weighted by Crippen LogP contribution is -2.24. The minimum absolute atomic E-state index is 0.0412. The van der Waals surface area contributed by atoms with Crippen LogP contribution in [0.4, 0.5) is 5.13 Å². The van der Waals surface area contributed by atoms with Gasteiger partial charge in [0.15, 0.2) is 10.3 Å². The standard InChI is InChI=1S/C20H24N4O2S2/c1-3-4-5-8-11-24-18(26)15-9-6-7-10-16(15)22-20(24)28-13-17(25)23-19-21-14(2)12-27-19/h6-7,9-10,12H,3-5,8,11,13H2,1-2H3,(H,21,23,25). The van der Waals surface area contributed by atoms with Crippen LogP contribution in [0.15, 0.2) is 39.6 Å².